The predicted octanol–water partition coefficient (Wildman–Crippen LogP) is 3.10. The van der Waals surface area contributed by atoms with E-state index in [0.29, 0.717) is 11.1 Å². The van der Waals surface area contributed by atoms with Gasteiger partial charge in [0.2, 0.25) is 21.8 Å². The molecule has 0 spiro atoms. The minimum Gasteiger partial charge on any atom is -0.350 e. The van der Waals surface area contributed by atoms with Gasteiger partial charge in [0.05, 0.1) is 12.8 Å². The summed E-state index contributed by atoms with van der Waals surface area (Å²) >= 11 is 0. The third kappa shape index (κ3) is 7.46. The zero-order chi connectivity index (χ0) is 25.4. The van der Waals surface area contributed by atoms with Gasteiger partial charge in [-0.05, 0) is 28.8 Å². The van der Waals surface area contributed by atoms with Gasteiger partial charge in [0.15, 0.2) is 0 Å². The Bertz CT molecular complexity index is 1240. The molecule has 35 heavy (non-hydrogen) atoms. The van der Waals surface area contributed by atoms with Gasteiger partial charge in [-0.25, -0.2) is 12.8 Å². The van der Waals surface area contributed by atoms with Crippen LogP contribution in [0.1, 0.15) is 22.7 Å². The second kappa shape index (κ2) is 11.7. The number of rotatable bonds is 10. The Hall–Kier alpha value is -3.56. The van der Waals surface area contributed by atoms with E-state index in [4.69, 9.17) is 0 Å². The van der Waals surface area contributed by atoms with Gasteiger partial charge in [0.1, 0.15) is 11.9 Å². The van der Waals surface area contributed by atoms with Crippen LogP contribution in [0.3, 0.4) is 0 Å². The first-order valence-corrected chi connectivity index (χ1v) is 12.8. The fraction of sp³-hybridized carbons (Fsp3) is 0.231. The second-order valence-corrected chi connectivity index (χ2v) is 10.3. The molecule has 2 amide bonds. The first-order chi connectivity index (χ1) is 16.6. The summed E-state index contributed by atoms with van der Waals surface area (Å²) in [5.41, 5.74) is 2.05. The molecule has 0 heterocycles. The summed E-state index contributed by atoms with van der Waals surface area (Å²) < 4.78 is 38.3. The van der Waals surface area contributed by atoms with Gasteiger partial charge in [-0.2, -0.15) is 4.31 Å². The lowest BCUT2D eigenvalue weighted by molar-refractivity contribution is -0.141. The smallest absolute Gasteiger partial charge is 0.247 e. The average Bonchev–Trinajstić information content (AvgIpc) is 2.84. The molecule has 3 aromatic carbocycles. The largest absolute Gasteiger partial charge is 0.350 e. The minimum atomic E-state index is -3.63. The number of hydrogen-bond donors (Lipinski definition) is 1. The van der Waals surface area contributed by atoms with Gasteiger partial charge in [-0.3, -0.25) is 9.59 Å². The Balaban J connectivity index is 1.97. The molecule has 0 aromatic heterocycles. The van der Waals surface area contributed by atoms with Crippen molar-refractivity contribution in [2.75, 3.05) is 19.8 Å². The van der Waals surface area contributed by atoms with E-state index in [0.717, 1.165) is 16.1 Å². The molecule has 0 bridgehead atoms. The van der Waals surface area contributed by atoms with Crippen molar-refractivity contribution in [2.45, 2.75) is 19.1 Å². The van der Waals surface area contributed by atoms with E-state index in [9.17, 15) is 22.4 Å². The van der Waals surface area contributed by atoms with E-state index in [1.165, 1.54) is 36.2 Å². The van der Waals surface area contributed by atoms with E-state index in [2.05, 4.69) is 5.32 Å². The molecule has 0 aliphatic heterocycles. The van der Waals surface area contributed by atoms with Gasteiger partial charge in [-0.1, -0.05) is 72.8 Å². The zero-order valence-corrected chi connectivity index (χ0v) is 20.4. The van der Waals surface area contributed by atoms with Crippen molar-refractivity contribution >= 4 is 21.8 Å². The first-order valence-electron chi connectivity index (χ1n) is 11.0. The molecule has 9 heteroatoms. The normalized spacial score (nSPS) is 12.2. The van der Waals surface area contributed by atoms with Crippen molar-refractivity contribution in [1.82, 2.24) is 14.5 Å². The summed E-state index contributed by atoms with van der Waals surface area (Å²) in [7, 11) is -2.33. The van der Waals surface area contributed by atoms with E-state index < -0.39 is 40.2 Å². The van der Waals surface area contributed by atoms with Gasteiger partial charge < -0.3 is 10.2 Å². The topological polar surface area (TPSA) is 86.8 Å². The molecule has 0 radical (unpaired) electrons. The molecule has 0 fully saturated rings. The lowest BCUT2D eigenvalue weighted by Gasteiger charge is -2.32. The highest BCUT2D eigenvalue weighted by Crippen LogP contribution is 2.24. The van der Waals surface area contributed by atoms with Crippen molar-refractivity contribution < 1.29 is 22.4 Å². The molecular weight excluding hydrogens is 469 g/mol. The summed E-state index contributed by atoms with van der Waals surface area (Å²) in [6.07, 6.45) is 1.01. The van der Waals surface area contributed by atoms with E-state index in [-0.39, 0.29) is 13.1 Å². The number of amides is 2. The highest BCUT2D eigenvalue weighted by atomic mass is 32.2. The third-order valence-electron chi connectivity index (χ3n) is 5.50. The number of nitrogens with zero attached hydrogens (tertiary/aromatic N) is 2. The number of carbonyl (C=O) groups is 2. The Morgan fingerprint density at radius 2 is 1.46 bits per heavy atom. The monoisotopic (exact) mass is 497 g/mol. The van der Waals surface area contributed by atoms with Gasteiger partial charge in [0, 0.05) is 20.1 Å². The van der Waals surface area contributed by atoms with Crippen molar-refractivity contribution in [3.8, 4) is 0 Å². The average molecular weight is 498 g/mol. The van der Waals surface area contributed by atoms with Crippen molar-refractivity contribution in [2.24, 2.45) is 0 Å². The van der Waals surface area contributed by atoms with Gasteiger partial charge in [-0.15, -0.1) is 0 Å². The summed E-state index contributed by atoms with van der Waals surface area (Å²) in [4.78, 5) is 28.2. The molecule has 0 saturated carbocycles. The van der Waals surface area contributed by atoms with Crippen LogP contribution in [-0.4, -0.2) is 49.3 Å². The first kappa shape index (κ1) is 26.1. The summed E-state index contributed by atoms with van der Waals surface area (Å²) in [5.74, 6) is -1.41. The maximum absolute atomic E-state index is 13.5. The summed E-state index contributed by atoms with van der Waals surface area (Å²) in [6, 6.07) is 22.7. The maximum atomic E-state index is 13.5. The van der Waals surface area contributed by atoms with Crippen molar-refractivity contribution in [3.05, 3.63) is 107 Å². The Morgan fingerprint density at radius 1 is 0.886 bits per heavy atom. The molecule has 0 saturated heterocycles. The van der Waals surface area contributed by atoms with Crippen molar-refractivity contribution in [1.29, 1.82) is 0 Å². The number of likely N-dealkylation sites (N-methyl/N-ethyl adjacent to an activating group) is 1. The Labute approximate surface area is 205 Å². The van der Waals surface area contributed by atoms with E-state index in [1.807, 2.05) is 30.3 Å². The molecule has 1 unspecified atom stereocenters. The number of hydrogen-bond acceptors (Lipinski definition) is 4. The van der Waals surface area contributed by atoms with Crippen LogP contribution in [0.25, 0.3) is 0 Å². The SMILES string of the molecule is CN(CC(=O)N(Cc1ccc(F)cc1)C(C(=O)NCc1ccccc1)c1ccccc1)S(C)(=O)=O. The Kier molecular flexibility index (Phi) is 8.73. The summed E-state index contributed by atoms with van der Waals surface area (Å²) in [5, 5.41) is 2.89. The quantitative estimate of drug-likeness (QED) is 0.466. The second-order valence-electron chi connectivity index (χ2n) is 8.18. The van der Waals surface area contributed by atoms with Crippen LogP contribution in [0.4, 0.5) is 4.39 Å². The minimum absolute atomic E-state index is 0.0188. The van der Waals surface area contributed by atoms with Gasteiger partial charge >= 0.3 is 0 Å². The summed E-state index contributed by atoms with van der Waals surface area (Å²) in [6.45, 7) is -0.213. The van der Waals surface area contributed by atoms with Crippen LogP contribution in [0.15, 0.2) is 84.9 Å². The van der Waals surface area contributed by atoms with E-state index >= 15 is 0 Å². The number of benzene rings is 3. The predicted molar refractivity (Wildman–Crippen MR) is 132 cm³/mol. The molecular formula is C26H28FN3O4S. The highest BCUT2D eigenvalue weighted by Gasteiger charge is 2.32. The fourth-order valence-electron chi connectivity index (χ4n) is 3.50. The van der Waals surface area contributed by atoms with Crippen LogP contribution >= 0.6 is 0 Å². The van der Waals surface area contributed by atoms with Crippen LogP contribution < -0.4 is 5.32 Å². The van der Waals surface area contributed by atoms with Crippen LogP contribution in [0.2, 0.25) is 0 Å². The van der Waals surface area contributed by atoms with Crippen LogP contribution in [-0.2, 0) is 32.7 Å². The zero-order valence-electron chi connectivity index (χ0n) is 19.6. The van der Waals surface area contributed by atoms with Crippen molar-refractivity contribution in [3.63, 3.8) is 0 Å². The standard InChI is InChI=1S/C26H28FN3O4S/c1-29(35(2,33)34)19-24(31)30(18-21-13-15-23(27)16-14-21)25(22-11-7-4-8-12-22)26(32)28-17-20-9-5-3-6-10-20/h3-16,25H,17-19H2,1-2H3,(H,28,32). The van der Waals surface area contributed by atoms with E-state index in [1.54, 1.807) is 30.3 Å². The molecule has 3 rings (SSSR count). The molecule has 0 aliphatic carbocycles. The molecule has 1 N–H and O–H groups in total. The van der Waals surface area contributed by atoms with Crippen LogP contribution in [0, 0.1) is 5.82 Å². The number of halogens is 1. The lowest BCUT2D eigenvalue weighted by atomic mass is 10.0. The number of sulfonamides is 1. The van der Waals surface area contributed by atoms with Gasteiger partial charge in [0.25, 0.3) is 0 Å². The van der Waals surface area contributed by atoms with Crippen LogP contribution in [0.5, 0.6) is 0 Å². The molecule has 184 valence electrons. The molecule has 3 aromatic rings. The Morgan fingerprint density at radius 3 is 2.03 bits per heavy atom. The number of carbonyl (C=O) groups excluding carboxylic acids is 2. The highest BCUT2D eigenvalue weighted by molar-refractivity contribution is 7.88. The maximum Gasteiger partial charge on any atom is 0.247 e. The molecule has 1 atom stereocenters. The molecule has 7 nitrogen and oxygen atoms in total. The lowest BCUT2D eigenvalue weighted by Crippen LogP contribution is -2.47. The number of nitrogens with one attached hydrogen (secondary N) is 1. The fourth-order valence-corrected chi connectivity index (χ4v) is 3.84. The molecule has 0 aliphatic rings. The third-order valence-corrected chi connectivity index (χ3v) is 6.76.